The van der Waals surface area contributed by atoms with Crippen LogP contribution < -0.4 is 0 Å². The largest absolute Gasteiger partial charge is 0.393 e. The number of ketones is 1. The van der Waals surface area contributed by atoms with Crippen molar-refractivity contribution in [2.75, 3.05) is 0 Å². The molecule has 4 fully saturated rings. The molecular weight excluding hydrogens is 260 g/mol. The third kappa shape index (κ3) is 1.90. The molecule has 4 aliphatic carbocycles. The Hall–Kier alpha value is -0.370. The Labute approximate surface area is 128 Å². The summed E-state index contributed by atoms with van der Waals surface area (Å²) >= 11 is 0. The molecule has 0 amide bonds. The predicted molar refractivity (Wildman–Crippen MR) is 82.7 cm³/mol. The van der Waals surface area contributed by atoms with Gasteiger partial charge in [-0.25, -0.2) is 0 Å². The number of rotatable bonds is 0. The van der Waals surface area contributed by atoms with Crippen molar-refractivity contribution in [3.8, 4) is 0 Å². The van der Waals surface area contributed by atoms with Crippen LogP contribution >= 0.6 is 0 Å². The van der Waals surface area contributed by atoms with E-state index < -0.39 is 0 Å². The van der Waals surface area contributed by atoms with Crippen LogP contribution in [0.25, 0.3) is 0 Å². The van der Waals surface area contributed by atoms with E-state index in [0.29, 0.717) is 29.0 Å². The molecule has 118 valence electrons. The first-order valence-electron chi connectivity index (χ1n) is 9.15. The average Bonchev–Trinajstić information content (AvgIpc) is 2.80. The molecule has 4 saturated carbocycles. The van der Waals surface area contributed by atoms with Crippen LogP contribution in [0.1, 0.15) is 71.6 Å². The van der Waals surface area contributed by atoms with Crippen LogP contribution in [0.4, 0.5) is 0 Å². The molecule has 0 radical (unpaired) electrons. The number of carbonyl (C=O) groups is 1. The first-order chi connectivity index (χ1) is 9.94. The van der Waals surface area contributed by atoms with E-state index in [2.05, 4.69) is 13.8 Å². The monoisotopic (exact) mass is 290 g/mol. The zero-order chi connectivity index (χ0) is 14.8. The Morgan fingerprint density at radius 2 is 1.90 bits per heavy atom. The van der Waals surface area contributed by atoms with E-state index in [-0.39, 0.29) is 11.5 Å². The molecule has 0 unspecified atom stereocenters. The second-order valence-electron chi connectivity index (χ2n) is 9.15. The highest BCUT2D eigenvalue weighted by molar-refractivity contribution is 5.84. The molecule has 0 heterocycles. The van der Waals surface area contributed by atoms with E-state index in [1.807, 2.05) is 0 Å². The maximum absolute atomic E-state index is 13.1. The van der Waals surface area contributed by atoms with E-state index in [1.165, 1.54) is 32.1 Å². The van der Waals surface area contributed by atoms with Gasteiger partial charge in [-0.05, 0) is 73.5 Å². The van der Waals surface area contributed by atoms with Crippen LogP contribution in [-0.2, 0) is 4.79 Å². The fraction of sp³-hybridized carbons (Fsp3) is 0.947. The molecule has 0 aromatic heterocycles. The van der Waals surface area contributed by atoms with Crippen LogP contribution in [0, 0.1) is 34.5 Å². The predicted octanol–water partition coefficient (Wildman–Crippen LogP) is 3.96. The molecule has 7 atom stereocenters. The van der Waals surface area contributed by atoms with Crippen LogP contribution in [0.2, 0.25) is 0 Å². The zero-order valence-electron chi connectivity index (χ0n) is 13.6. The average molecular weight is 290 g/mol. The molecule has 0 spiro atoms. The van der Waals surface area contributed by atoms with Crippen LogP contribution in [0.3, 0.4) is 0 Å². The Morgan fingerprint density at radius 1 is 1.10 bits per heavy atom. The van der Waals surface area contributed by atoms with Crippen molar-refractivity contribution in [3.05, 3.63) is 0 Å². The van der Waals surface area contributed by atoms with Gasteiger partial charge < -0.3 is 5.11 Å². The zero-order valence-corrected chi connectivity index (χ0v) is 13.6. The fourth-order valence-corrected chi connectivity index (χ4v) is 7.06. The van der Waals surface area contributed by atoms with Crippen molar-refractivity contribution >= 4 is 5.78 Å². The van der Waals surface area contributed by atoms with Gasteiger partial charge in [0.25, 0.3) is 0 Å². The smallest absolute Gasteiger partial charge is 0.137 e. The summed E-state index contributed by atoms with van der Waals surface area (Å²) in [5.41, 5.74) is 0.499. The molecule has 0 aromatic rings. The lowest BCUT2D eigenvalue weighted by molar-refractivity contribution is -0.159. The quantitative estimate of drug-likeness (QED) is 0.733. The van der Waals surface area contributed by atoms with Crippen LogP contribution in [-0.4, -0.2) is 17.0 Å². The van der Waals surface area contributed by atoms with E-state index in [0.717, 1.165) is 31.6 Å². The van der Waals surface area contributed by atoms with Gasteiger partial charge in [0.15, 0.2) is 0 Å². The molecule has 4 rings (SSSR count). The summed E-state index contributed by atoms with van der Waals surface area (Å²) in [5.74, 6) is 2.90. The van der Waals surface area contributed by atoms with Gasteiger partial charge in [0.05, 0.1) is 6.10 Å². The van der Waals surface area contributed by atoms with Gasteiger partial charge in [-0.2, -0.15) is 0 Å². The lowest BCUT2D eigenvalue weighted by Crippen LogP contribution is -2.56. The number of aliphatic hydroxyl groups is 1. The summed E-state index contributed by atoms with van der Waals surface area (Å²) in [6.07, 6.45) is 10.1. The van der Waals surface area contributed by atoms with Crippen molar-refractivity contribution in [1.29, 1.82) is 0 Å². The highest BCUT2D eigenvalue weighted by atomic mass is 16.3. The summed E-state index contributed by atoms with van der Waals surface area (Å²) in [5, 5.41) is 10.0. The van der Waals surface area contributed by atoms with Gasteiger partial charge in [0.2, 0.25) is 0 Å². The standard InChI is InChI=1S/C19H30O2/c1-18-8-3-4-15(18)14-6-5-12-10-13(20)7-9-19(12,2)17(14)16(21)11-18/h12-15,17,20H,3-11H2,1-2H3/t12-,13-,14+,15+,17-,18+,19+/m1/s1. The topological polar surface area (TPSA) is 37.3 Å². The van der Waals surface area contributed by atoms with Gasteiger partial charge in [-0.3, -0.25) is 4.79 Å². The fourth-order valence-electron chi connectivity index (χ4n) is 7.06. The summed E-state index contributed by atoms with van der Waals surface area (Å²) in [7, 11) is 0. The van der Waals surface area contributed by atoms with Crippen molar-refractivity contribution in [2.45, 2.75) is 77.7 Å². The van der Waals surface area contributed by atoms with Gasteiger partial charge >= 0.3 is 0 Å². The summed E-state index contributed by atoms with van der Waals surface area (Å²) in [4.78, 5) is 13.1. The molecule has 0 aromatic carbocycles. The summed E-state index contributed by atoms with van der Waals surface area (Å²) in [6.45, 7) is 4.77. The highest BCUT2D eigenvalue weighted by Gasteiger charge is 2.60. The van der Waals surface area contributed by atoms with Crippen molar-refractivity contribution in [1.82, 2.24) is 0 Å². The van der Waals surface area contributed by atoms with E-state index in [9.17, 15) is 9.90 Å². The molecule has 2 heteroatoms. The second-order valence-corrected chi connectivity index (χ2v) is 9.15. The number of hydrogen-bond acceptors (Lipinski definition) is 2. The van der Waals surface area contributed by atoms with Gasteiger partial charge in [-0.15, -0.1) is 0 Å². The summed E-state index contributed by atoms with van der Waals surface area (Å²) < 4.78 is 0. The summed E-state index contributed by atoms with van der Waals surface area (Å²) in [6, 6.07) is 0. The molecule has 21 heavy (non-hydrogen) atoms. The molecule has 0 aliphatic heterocycles. The number of carbonyl (C=O) groups excluding carboxylic acids is 1. The number of aliphatic hydroxyl groups excluding tert-OH is 1. The second kappa shape index (κ2) is 4.57. The third-order valence-corrected chi connectivity index (χ3v) is 8.09. The third-order valence-electron chi connectivity index (χ3n) is 8.09. The molecule has 0 bridgehead atoms. The Balaban J connectivity index is 1.69. The Kier molecular flexibility index (Phi) is 3.10. The first-order valence-corrected chi connectivity index (χ1v) is 9.15. The van der Waals surface area contributed by atoms with E-state index in [1.54, 1.807) is 0 Å². The highest BCUT2D eigenvalue weighted by Crippen LogP contribution is 2.65. The molecule has 1 N–H and O–H groups in total. The maximum Gasteiger partial charge on any atom is 0.137 e. The minimum Gasteiger partial charge on any atom is -0.393 e. The lowest BCUT2D eigenvalue weighted by atomic mass is 9.45. The Bertz CT molecular complexity index is 458. The molecule has 0 saturated heterocycles. The van der Waals surface area contributed by atoms with Crippen LogP contribution in [0.15, 0.2) is 0 Å². The number of Topliss-reactive ketones (excluding diaryl/α,β-unsaturated/α-hetero) is 1. The number of hydrogen-bond donors (Lipinski definition) is 1. The molecule has 4 aliphatic rings. The molecular formula is C19H30O2. The van der Waals surface area contributed by atoms with Gasteiger partial charge in [-0.1, -0.05) is 20.3 Å². The van der Waals surface area contributed by atoms with Crippen molar-refractivity contribution < 1.29 is 9.90 Å². The Morgan fingerprint density at radius 3 is 2.71 bits per heavy atom. The molecule has 2 nitrogen and oxygen atoms in total. The first kappa shape index (κ1) is 14.2. The van der Waals surface area contributed by atoms with E-state index >= 15 is 0 Å². The number of fused-ring (bicyclic) bond motifs is 5. The maximum atomic E-state index is 13.1. The van der Waals surface area contributed by atoms with Crippen molar-refractivity contribution in [3.63, 3.8) is 0 Å². The normalized spacial score (nSPS) is 56.5. The van der Waals surface area contributed by atoms with Gasteiger partial charge in [0.1, 0.15) is 5.78 Å². The lowest BCUT2D eigenvalue weighted by Gasteiger charge is -2.59. The van der Waals surface area contributed by atoms with Gasteiger partial charge in [0, 0.05) is 12.3 Å². The van der Waals surface area contributed by atoms with Crippen molar-refractivity contribution in [2.24, 2.45) is 34.5 Å². The van der Waals surface area contributed by atoms with Crippen LogP contribution in [0.5, 0.6) is 0 Å². The van der Waals surface area contributed by atoms with E-state index in [4.69, 9.17) is 0 Å². The SMILES string of the molecule is C[C@@]12CCC[C@H]1[C@@H]1CC[C@@H]3C[C@H](O)CC[C@]3(C)[C@H]1C(=O)C2. The minimum atomic E-state index is -0.116. The minimum absolute atomic E-state index is 0.116.